The fourth-order valence-electron chi connectivity index (χ4n) is 2.09. The Morgan fingerprint density at radius 1 is 1.28 bits per heavy atom. The van der Waals surface area contributed by atoms with Crippen LogP contribution in [0, 0.1) is 13.8 Å². The van der Waals surface area contributed by atoms with E-state index >= 15 is 0 Å². The Kier molecular flexibility index (Phi) is 5.35. The molecule has 1 aromatic rings. The van der Waals surface area contributed by atoms with Crippen molar-refractivity contribution in [3.05, 3.63) is 17.0 Å². The molecular formula is C14H27N3O. The topological polar surface area (TPSA) is 30.3 Å². The average molecular weight is 253 g/mol. The Labute approximate surface area is 111 Å². The third kappa shape index (κ3) is 3.56. The first-order valence-corrected chi connectivity index (χ1v) is 6.62. The van der Waals surface area contributed by atoms with Gasteiger partial charge >= 0.3 is 0 Å². The molecule has 1 atom stereocenters. The van der Waals surface area contributed by atoms with Gasteiger partial charge in [-0.2, -0.15) is 5.10 Å². The summed E-state index contributed by atoms with van der Waals surface area (Å²) in [5, 5.41) is 4.48. The Morgan fingerprint density at radius 3 is 2.28 bits per heavy atom. The molecule has 0 N–H and O–H groups in total. The third-order valence-corrected chi connectivity index (χ3v) is 3.64. The van der Waals surface area contributed by atoms with Crippen LogP contribution < -0.4 is 0 Å². The first-order chi connectivity index (χ1) is 8.36. The largest absolute Gasteiger partial charge is 0.380 e. The Bertz CT molecular complexity index is 385. The molecule has 0 radical (unpaired) electrons. The van der Waals surface area contributed by atoms with Crippen molar-refractivity contribution in [3.8, 4) is 0 Å². The molecule has 0 bridgehead atoms. The molecule has 0 aliphatic rings. The van der Waals surface area contributed by atoms with Crippen LogP contribution in [0.25, 0.3) is 0 Å². The van der Waals surface area contributed by atoms with Gasteiger partial charge in [0.1, 0.15) is 0 Å². The summed E-state index contributed by atoms with van der Waals surface area (Å²) in [7, 11) is 3.79. The highest BCUT2D eigenvalue weighted by molar-refractivity contribution is 5.23. The van der Waals surface area contributed by atoms with Crippen LogP contribution in [0.1, 0.15) is 37.7 Å². The van der Waals surface area contributed by atoms with Crippen molar-refractivity contribution in [2.45, 2.75) is 53.3 Å². The van der Waals surface area contributed by atoms with Gasteiger partial charge in [-0.1, -0.05) is 0 Å². The second-order valence-electron chi connectivity index (χ2n) is 5.35. The van der Waals surface area contributed by atoms with E-state index in [4.69, 9.17) is 4.74 Å². The van der Waals surface area contributed by atoms with E-state index in [0.29, 0.717) is 6.04 Å². The highest BCUT2D eigenvalue weighted by Crippen LogP contribution is 2.16. The van der Waals surface area contributed by atoms with Gasteiger partial charge < -0.3 is 4.74 Å². The smallest absolute Gasteiger partial charge is 0.0670 e. The van der Waals surface area contributed by atoms with Crippen molar-refractivity contribution >= 4 is 0 Å². The van der Waals surface area contributed by atoms with E-state index in [-0.39, 0.29) is 6.10 Å². The average Bonchev–Trinajstić information content (AvgIpc) is 2.54. The summed E-state index contributed by atoms with van der Waals surface area (Å²) >= 11 is 0. The van der Waals surface area contributed by atoms with Gasteiger partial charge in [0.15, 0.2) is 0 Å². The van der Waals surface area contributed by atoms with Crippen LogP contribution in [0.4, 0.5) is 0 Å². The van der Waals surface area contributed by atoms with Gasteiger partial charge in [-0.05, 0) is 40.2 Å². The number of aromatic nitrogens is 2. The summed E-state index contributed by atoms with van der Waals surface area (Å²) in [6.45, 7) is 12.6. The molecule has 0 spiro atoms. The predicted molar refractivity (Wildman–Crippen MR) is 74.7 cm³/mol. The molecule has 1 heterocycles. The lowest BCUT2D eigenvalue weighted by atomic mass is 10.2. The molecule has 1 rings (SSSR count). The standard InChI is InChI=1S/C14H27N3O/c1-10(2)17(8-11(3)18-7)9-14-12(4)13(5)15-16(14)6/h10-11H,8-9H2,1-7H3. The third-order valence-electron chi connectivity index (χ3n) is 3.64. The van der Waals surface area contributed by atoms with Gasteiger partial charge in [0.25, 0.3) is 0 Å². The van der Waals surface area contributed by atoms with Crippen LogP contribution in [0.15, 0.2) is 0 Å². The first kappa shape index (κ1) is 15.2. The van der Waals surface area contributed by atoms with E-state index in [2.05, 4.69) is 44.6 Å². The lowest BCUT2D eigenvalue weighted by Crippen LogP contribution is -2.37. The second kappa shape index (κ2) is 6.34. The zero-order valence-electron chi connectivity index (χ0n) is 12.8. The van der Waals surface area contributed by atoms with Gasteiger partial charge in [0.05, 0.1) is 17.5 Å². The SMILES string of the molecule is COC(C)CN(Cc1c(C)c(C)nn1C)C(C)C. The lowest BCUT2D eigenvalue weighted by molar-refractivity contribution is 0.0611. The number of aryl methyl sites for hydroxylation is 2. The number of hydrogen-bond acceptors (Lipinski definition) is 3. The van der Waals surface area contributed by atoms with Gasteiger partial charge in [0, 0.05) is 33.3 Å². The minimum Gasteiger partial charge on any atom is -0.380 e. The Hall–Kier alpha value is -0.870. The van der Waals surface area contributed by atoms with Crippen LogP contribution in [-0.2, 0) is 18.3 Å². The number of rotatable bonds is 6. The molecule has 0 saturated heterocycles. The van der Waals surface area contributed by atoms with E-state index in [1.807, 2.05) is 11.7 Å². The molecule has 1 unspecified atom stereocenters. The second-order valence-corrected chi connectivity index (χ2v) is 5.35. The van der Waals surface area contributed by atoms with Crippen molar-refractivity contribution < 1.29 is 4.74 Å². The molecule has 0 saturated carbocycles. The number of nitrogens with zero attached hydrogens (tertiary/aromatic N) is 3. The van der Waals surface area contributed by atoms with Crippen LogP contribution >= 0.6 is 0 Å². The maximum atomic E-state index is 5.37. The van der Waals surface area contributed by atoms with Crippen LogP contribution in [0.2, 0.25) is 0 Å². The summed E-state index contributed by atoms with van der Waals surface area (Å²) in [5.74, 6) is 0. The zero-order chi connectivity index (χ0) is 13.9. The van der Waals surface area contributed by atoms with E-state index in [1.165, 1.54) is 11.3 Å². The van der Waals surface area contributed by atoms with E-state index in [9.17, 15) is 0 Å². The maximum absolute atomic E-state index is 5.37. The normalized spacial score (nSPS) is 13.6. The minimum absolute atomic E-state index is 0.252. The highest BCUT2D eigenvalue weighted by Gasteiger charge is 2.17. The summed E-state index contributed by atoms with van der Waals surface area (Å²) in [6, 6.07) is 0.497. The van der Waals surface area contributed by atoms with Gasteiger partial charge in [-0.15, -0.1) is 0 Å². The van der Waals surface area contributed by atoms with E-state index in [1.54, 1.807) is 7.11 Å². The number of ether oxygens (including phenoxy) is 1. The molecule has 104 valence electrons. The van der Waals surface area contributed by atoms with Gasteiger partial charge in [-0.25, -0.2) is 0 Å². The highest BCUT2D eigenvalue weighted by atomic mass is 16.5. The molecule has 1 aromatic heterocycles. The fourth-order valence-corrected chi connectivity index (χ4v) is 2.09. The fraction of sp³-hybridized carbons (Fsp3) is 0.786. The van der Waals surface area contributed by atoms with Gasteiger partial charge in [0.2, 0.25) is 0 Å². The van der Waals surface area contributed by atoms with Crippen molar-refractivity contribution in [1.29, 1.82) is 0 Å². The molecule has 0 fully saturated rings. The summed E-state index contributed by atoms with van der Waals surface area (Å²) in [4.78, 5) is 2.43. The molecule has 4 heteroatoms. The van der Waals surface area contributed by atoms with Crippen LogP contribution in [-0.4, -0.2) is 40.5 Å². The van der Waals surface area contributed by atoms with Crippen molar-refractivity contribution in [2.24, 2.45) is 7.05 Å². The predicted octanol–water partition coefficient (Wildman–Crippen LogP) is 2.28. The minimum atomic E-state index is 0.252. The molecule has 0 aromatic carbocycles. The molecular weight excluding hydrogens is 226 g/mol. The Morgan fingerprint density at radius 2 is 1.89 bits per heavy atom. The van der Waals surface area contributed by atoms with Crippen LogP contribution in [0.5, 0.6) is 0 Å². The van der Waals surface area contributed by atoms with Crippen molar-refractivity contribution in [1.82, 2.24) is 14.7 Å². The van der Waals surface area contributed by atoms with Crippen molar-refractivity contribution in [3.63, 3.8) is 0 Å². The quantitative estimate of drug-likeness (QED) is 0.779. The maximum Gasteiger partial charge on any atom is 0.0670 e. The summed E-state index contributed by atoms with van der Waals surface area (Å²) in [5.41, 5.74) is 3.72. The molecule has 4 nitrogen and oxygen atoms in total. The number of hydrogen-bond donors (Lipinski definition) is 0. The molecule has 0 amide bonds. The molecule has 0 aliphatic heterocycles. The monoisotopic (exact) mass is 253 g/mol. The molecule has 18 heavy (non-hydrogen) atoms. The summed E-state index contributed by atoms with van der Waals surface area (Å²) < 4.78 is 7.37. The zero-order valence-corrected chi connectivity index (χ0v) is 12.8. The Balaban J connectivity index is 2.83. The van der Waals surface area contributed by atoms with E-state index < -0.39 is 0 Å². The van der Waals surface area contributed by atoms with E-state index in [0.717, 1.165) is 18.8 Å². The number of methoxy groups -OCH3 is 1. The first-order valence-electron chi connectivity index (χ1n) is 6.62. The van der Waals surface area contributed by atoms with Crippen LogP contribution in [0.3, 0.4) is 0 Å². The molecule has 0 aliphatic carbocycles. The summed E-state index contributed by atoms with van der Waals surface area (Å²) in [6.07, 6.45) is 0.252. The van der Waals surface area contributed by atoms with Crippen molar-refractivity contribution in [2.75, 3.05) is 13.7 Å². The lowest BCUT2D eigenvalue weighted by Gasteiger charge is -2.29. The van der Waals surface area contributed by atoms with Gasteiger partial charge in [-0.3, -0.25) is 9.58 Å².